The molecule has 0 saturated heterocycles. The van der Waals surface area contributed by atoms with Gasteiger partial charge in [-0.1, -0.05) is 6.58 Å². The van der Waals surface area contributed by atoms with E-state index < -0.39 is 0 Å². The zero-order valence-electron chi connectivity index (χ0n) is 7.28. The summed E-state index contributed by atoms with van der Waals surface area (Å²) in [6.45, 7) is 3.80. The summed E-state index contributed by atoms with van der Waals surface area (Å²) in [7, 11) is 6.09. The van der Waals surface area contributed by atoms with E-state index in [2.05, 4.69) is 6.58 Å². The molecule has 1 atom stereocenters. The molecule has 0 bridgehead atoms. The molecular formula is C7H18Cl2NO+. The van der Waals surface area contributed by atoms with Gasteiger partial charge in [0, 0.05) is 0 Å². The minimum absolute atomic E-state index is 0. The Labute approximate surface area is 81.3 Å². The van der Waals surface area contributed by atoms with E-state index in [1.807, 2.05) is 21.1 Å². The monoisotopic (exact) mass is 202 g/mol. The maximum Gasteiger partial charge on any atom is 0.130 e. The highest BCUT2D eigenvalue weighted by molar-refractivity contribution is 5.85. The summed E-state index contributed by atoms with van der Waals surface area (Å²) >= 11 is 0. The van der Waals surface area contributed by atoms with Crippen molar-refractivity contribution < 1.29 is 9.59 Å². The predicted molar refractivity (Wildman–Crippen MR) is 53.6 cm³/mol. The molecule has 0 aromatic carbocycles. The van der Waals surface area contributed by atoms with Crippen molar-refractivity contribution in [1.82, 2.24) is 0 Å². The molecule has 0 saturated carbocycles. The average Bonchev–Trinajstić information content (AvgIpc) is 1.65. The van der Waals surface area contributed by atoms with Crippen molar-refractivity contribution in [1.29, 1.82) is 0 Å². The zero-order valence-corrected chi connectivity index (χ0v) is 8.91. The normalized spacial score (nSPS) is 12.4. The Morgan fingerprint density at radius 3 is 1.73 bits per heavy atom. The van der Waals surface area contributed by atoms with Crippen LogP contribution >= 0.6 is 24.8 Å². The first-order valence-electron chi connectivity index (χ1n) is 3.07. The van der Waals surface area contributed by atoms with E-state index in [4.69, 9.17) is 5.11 Å². The van der Waals surface area contributed by atoms with Crippen LogP contribution in [0.3, 0.4) is 0 Å². The number of halogens is 2. The molecular weight excluding hydrogens is 185 g/mol. The Balaban J connectivity index is -0.000000320. The van der Waals surface area contributed by atoms with Gasteiger partial charge >= 0.3 is 0 Å². The maximum absolute atomic E-state index is 8.77. The van der Waals surface area contributed by atoms with Gasteiger partial charge < -0.3 is 9.59 Å². The molecule has 0 aliphatic rings. The lowest BCUT2D eigenvalue weighted by atomic mass is 10.2. The average molecular weight is 203 g/mol. The van der Waals surface area contributed by atoms with Crippen LogP contribution in [0.1, 0.15) is 0 Å². The van der Waals surface area contributed by atoms with E-state index in [0.717, 1.165) is 4.48 Å². The third kappa shape index (κ3) is 6.63. The summed E-state index contributed by atoms with van der Waals surface area (Å²) in [5.74, 6) is 0. The van der Waals surface area contributed by atoms with Gasteiger partial charge in [-0.05, 0) is 6.08 Å². The molecule has 4 heteroatoms. The summed E-state index contributed by atoms with van der Waals surface area (Å²) in [5.41, 5.74) is 0. The van der Waals surface area contributed by atoms with Crippen LogP contribution in [-0.4, -0.2) is 43.4 Å². The standard InChI is InChI=1S/C7H16NO.2ClH/c1-5-7(6-9)8(2,3)4;;/h5,7,9H,1,6H2,2-4H3;2*1H/q+1;;. The molecule has 0 aliphatic heterocycles. The Morgan fingerprint density at radius 2 is 1.73 bits per heavy atom. The van der Waals surface area contributed by atoms with Gasteiger partial charge in [-0.15, -0.1) is 24.8 Å². The Morgan fingerprint density at radius 1 is 1.36 bits per heavy atom. The topological polar surface area (TPSA) is 20.2 Å². The molecule has 0 aromatic rings. The second kappa shape index (κ2) is 6.92. The van der Waals surface area contributed by atoms with Gasteiger partial charge in [-0.2, -0.15) is 0 Å². The molecule has 0 heterocycles. The SMILES string of the molecule is C=CC(CO)[N+](C)(C)C.Cl.Cl. The van der Waals surface area contributed by atoms with Gasteiger partial charge in [0.1, 0.15) is 6.04 Å². The van der Waals surface area contributed by atoms with Crippen LogP contribution in [0, 0.1) is 0 Å². The van der Waals surface area contributed by atoms with Crippen LogP contribution in [0.2, 0.25) is 0 Å². The summed E-state index contributed by atoms with van der Waals surface area (Å²) in [6, 6.07) is 0.157. The highest BCUT2D eigenvalue weighted by Crippen LogP contribution is 2.01. The van der Waals surface area contributed by atoms with Crippen molar-refractivity contribution in [3.05, 3.63) is 12.7 Å². The van der Waals surface area contributed by atoms with Gasteiger partial charge in [-0.3, -0.25) is 0 Å². The van der Waals surface area contributed by atoms with Gasteiger partial charge in [0.2, 0.25) is 0 Å². The van der Waals surface area contributed by atoms with Crippen LogP contribution in [0.4, 0.5) is 0 Å². The Hall–Kier alpha value is 0.240. The third-order valence-corrected chi connectivity index (χ3v) is 1.45. The summed E-state index contributed by atoms with van der Waals surface area (Å²) in [5, 5.41) is 8.77. The van der Waals surface area contributed by atoms with E-state index >= 15 is 0 Å². The molecule has 0 amide bonds. The Kier molecular flexibility index (Phi) is 10.9. The summed E-state index contributed by atoms with van der Waals surface area (Å²) in [4.78, 5) is 0. The molecule has 11 heavy (non-hydrogen) atoms. The zero-order chi connectivity index (χ0) is 7.49. The fourth-order valence-corrected chi connectivity index (χ4v) is 0.636. The number of quaternary nitrogens is 1. The van der Waals surface area contributed by atoms with Gasteiger partial charge in [0.25, 0.3) is 0 Å². The molecule has 1 N–H and O–H groups in total. The fraction of sp³-hybridized carbons (Fsp3) is 0.714. The van der Waals surface area contributed by atoms with Crippen LogP contribution in [0.25, 0.3) is 0 Å². The summed E-state index contributed by atoms with van der Waals surface area (Å²) in [6.07, 6.45) is 1.78. The lowest BCUT2D eigenvalue weighted by molar-refractivity contribution is -0.889. The molecule has 0 aliphatic carbocycles. The van der Waals surface area contributed by atoms with Gasteiger partial charge in [0.15, 0.2) is 0 Å². The lowest BCUT2D eigenvalue weighted by Crippen LogP contribution is -2.45. The van der Waals surface area contributed by atoms with Crippen molar-refractivity contribution in [2.75, 3.05) is 27.7 Å². The van der Waals surface area contributed by atoms with Crippen molar-refractivity contribution in [3.63, 3.8) is 0 Å². The van der Waals surface area contributed by atoms with Crippen LogP contribution in [0.5, 0.6) is 0 Å². The van der Waals surface area contributed by atoms with Gasteiger partial charge in [-0.25, -0.2) is 0 Å². The molecule has 2 nitrogen and oxygen atoms in total. The maximum atomic E-state index is 8.77. The van der Waals surface area contributed by atoms with Crippen LogP contribution in [-0.2, 0) is 0 Å². The van der Waals surface area contributed by atoms with Crippen LogP contribution < -0.4 is 0 Å². The third-order valence-electron chi connectivity index (χ3n) is 1.45. The first-order valence-corrected chi connectivity index (χ1v) is 3.07. The first kappa shape index (κ1) is 17.4. The number of aliphatic hydroxyl groups is 1. The van der Waals surface area contributed by atoms with Crippen molar-refractivity contribution in [3.8, 4) is 0 Å². The number of aliphatic hydroxyl groups excluding tert-OH is 1. The van der Waals surface area contributed by atoms with Crippen molar-refractivity contribution in [2.45, 2.75) is 6.04 Å². The van der Waals surface area contributed by atoms with Gasteiger partial charge in [0.05, 0.1) is 27.7 Å². The number of rotatable bonds is 3. The van der Waals surface area contributed by atoms with Crippen molar-refractivity contribution in [2.24, 2.45) is 0 Å². The highest BCUT2D eigenvalue weighted by atomic mass is 35.5. The second-order valence-electron chi connectivity index (χ2n) is 3.10. The quantitative estimate of drug-likeness (QED) is 0.537. The Bertz CT molecular complexity index is 101. The van der Waals surface area contributed by atoms with E-state index in [-0.39, 0.29) is 37.5 Å². The van der Waals surface area contributed by atoms with Crippen LogP contribution in [0.15, 0.2) is 12.7 Å². The second-order valence-corrected chi connectivity index (χ2v) is 3.10. The number of likely N-dealkylation sites (N-methyl/N-ethyl adjacent to an activating group) is 1. The molecule has 0 fully saturated rings. The molecule has 0 radical (unpaired) electrons. The first-order chi connectivity index (χ1) is 4.02. The molecule has 70 valence electrons. The number of hydrogen-bond donors (Lipinski definition) is 1. The smallest absolute Gasteiger partial charge is 0.130 e. The van der Waals surface area contributed by atoms with E-state index in [9.17, 15) is 0 Å². The lowest BCUT2D eigenvalue weighted by Gasteiger charge is -2.30. The van der Waals surface area contributed by atoms with E-state index in [1.165, 1.54) is 0 Å². The number of hydrogen-bond acceptors (Lipinski definition) is 1. The molecule has 0 aromatic heterocycles. The predicted octanol–water partition coefficient (Wildman–Crippen LogP) is 1.08. The molecule has 1 unspecified atom stereocenters. The molecule has 0 spiro atoms. The highest BCUT2D eigenvalue weighted by Gasteiger charge is 2.17. The number of nitrogens with zero attached hydrogens (tertiary/aromatic N) is 1. The largest absolute Gasteiger partial charge is 0.390 e. The van der Waals surface area contributed by atoms with Crippen molar-refractivity contribution >= 4 is 24.8 Å². The fourth-order valence-electron chi connectivity index (χ4n) is 0.636. The molecule has 0 rings (SSSR count). The summed E-state index contributed by atoms with van der Waals surface area (Å²) < 4.78 is 0.736. The minimum Gasteiger partial charge on any atom is -0.390 e. The minimum atomic E-state index is 0. The van der Waals surface area contributed by atoms with E-state index in [0.29, 0.717) is 0 Å². The van der Waals surface area contributed by atoms with E-state index in [1.54, 1.807) is 6.08 Å².